The third kappa shape index (κ3) is 11.2. The summed E-state index contributed by atoms with van der Waals surface area (Å²) < 4.78 is 70.2. The van der Waals surface area contributed by atoms with E-state index in [1.807, 2.05) is 30.3 Å². The molecule has 0 fully saturated rings. The molecule has 258 valence electrons. The Morgan fingerprint density at radius 1 is 0.878 bits per heavy atom. The molecule has 4 rings (SSSR count). The lowest BCUT2D eigenvalue weighted by atomic mass is 9.89. The Kier molecular flexibility index (Phi) is 11.5. The highest BCUT2D eigenvalue weighted by atomic mass is 32.2. The van der Waals surface area contributed by atoms with E-state index in [1.54, 1.807) is 55.5 Å². The van der Waals surface area contributed by atoms with Gasteiger partial charge in [-0.3, -0.25) is 14.1 Å². The van der Waals surface area contributed by atoms with E-state index in [9.17, 15) is 31.2 Å². The van der Waals surface area contributed by atoms with Gasteiger partial charge in [0.2, 0.25) is 5.91 Å². The molecule has 0 heterocycles. The number of amides is 2. The van der Waals surface area contributed by atoms with Crippen molar-refractivity contribution in [2.24, 2.45) is 5.41 Å². The Balaban J connectivity index is 1.54. The number of rotatable bonds is 11. The fourth-order valence-corrected chi connectivity index (χ4v) is 5.46. The Bertz CT molecular complexity index is 1910. The number of carbonyl (C=O) groups is 2. The van der Waals surface area contributed by atoms with Crippen LogP contribution in [0, 0.1) is 12.3 Å². The average molecular weight is 693 g/mol. The lowest BCUT2D eigenvalue weighted by Gasteiger charge is -2.19. The van der Waals surface area contributed by atoms with Crippen LogP contribution in [0.15, 0.2) is 97.1 Å². The molecule has 0 spiro atoms. The lowest BCUT2D eigenvalue weighted by Crippen LogP contribution is -2.28. The van der Waals surface area contributed by atoms with Gasteiger partial charge in [-0.25, -0.2) is 0 Å². The molecule has 0 radical (unpaired) electrons. The van der Waals surface area contributed by atoms with Gasteiger partial charge in [-0.1, -0.05) is 87.5 Å². The lowest BCUT2D eigenvalue weighted by molar-refractivity contribution is -0.137. The van der Waals surface area contributed by atoms with Crippen molar-refractivity contribution in [3.8, 4) is 11.1 Å². The number of carbonyl (C=O) groups excluding carboxylic acids is 2. The first kappa shape index (κ1) is 37.1. The fourth-order valence-electron chi connectivity index (χ4n) is 5.10. The topological polar surface area (TPSA) is 113 Å². The summed E-state index contributed by atoms with van der Waals surface area (Å²) in [6, 6.07) is 24.8. The molecule has 4 aromatic carbocycles. The Morgan fingerprint density at radius 3 is 2.06 bits per heavy atom. The summed E-state index contributed by atoms with van der Waals surface area (Å²) in [5.41, 5.74) is 4.47. The number of alkyl halides is 3. The third-order valence-corrected chi connectivity index (χ3v) is 8.47. The molecular weight excluding hydrogens is 653 g/mol. The highest BCUT2D eigenvalue weighted by molar-refractivity contribution is 7.85. The molecule has 0 saturated carbocycles. The molecule has 0 aliphatic rings. The second-order valence-corrected chi connectivity index (χ2v) is 14.5. The zero-order chi connectivity index (χ0) is 36.0. The normalized spacial score (nSPS) is 12.9. The molecule has 2 amide bonds. The molecule has 0 aliphatic carbocycles. The highest BCUT2D eigenvalue weighted by Gasteiger charge is 2.30. The maximum atomic E-state index is 13.8. The van der Waals surface area contributed by atoms with E-state index in [2.05, 4.69) is 37.5 Å². The first-order valence-corrected chi connectivity index (χ1v) is 17.2. The van der Waals surface area contributed by atoms with Crippen LogP contribution >= 0.6 is 0 Å². The average Bonchev–Trinajstić information content (AvgIpc) is 3.02. The van der Waals surface area contributed by atoms with Gasteiger partial charge in [0, 0.05) is 17.8 Å². The number of anilines is 1. The quantitative estimate of drug-likeness (QED) is 0.137. The van der Waals surface area contributed by atoms with Gasteiger partial charge in [0.1, 0.15) is 0 Å². The first-order valence-electron chi connectivity index (χ1n) is 15.6. The van der Waals surface area contributed by atoms with Crippen LogP contribution in [0.5, 0.6) is 0 Å². The third-order valence-electron chi connectivity index (χ3n) is 7.75. The molecular formula is C38H39F3N2O5S. The Hall–Kier alpha value is -4.74. The Labute approximate surface area is 285 Å². The highest BCUT2D eigenvalue weighted by Crippen LogP contribution is 2.34. The molecule has 1 atom stereocenters. The van der Waals surface area contributed by atoms with E-state index in [1.165, 1.54) is 6.07 Å². The summed E-state index contributed by atoms with van der Waals surface area (Å²) in [7, 11) is -4.21. The molecule has 4 aromatic rings. The van der Waals surface area contributed by atoms with Gasteiger partial charge in [0.15, 0.2) is 0 Å². The van der Waals surface area contributed by atoms with Crippen molar-refractivity contribution >= 4 is 33.7 Å². The molecule has 0 saturated heterocycles. The van der Waals surface area contributed by atoms with Gasteiger partial charge >= 0.3 is 6.18 Å². The minimum atomic E-state index is -4.43. The van der Waals surface area contributed by atoms with Crippen molar-refractivity contribution in [3.63, 3.8) is 0 Å². The first-order chi connectivity index (χ1) is 22.9. The molecule has 11 heteroatoms. The van der Waals surface area contributed by atoms with Crippen molar-refractivity contribution in [2.75, 3.05) is 17.6 Å². The van der Waals surface area contributed by atoms with Crippen LogP contribution in [0.3, 0.4) is 0 Å². The van der Waals surface area contributed by atoms with Gasteiger partial charge in [-0.15, -0.1) is 0 Å². The summed E-state index contributed by atoms with van der Waals surface area (Å²) in [5.74, 6) is -2.00. The Morgan fingerprint density at radius 2 is 1.51 bits per heavy atom. The standard InChI is InChI=1S/C38H39F3N2O5S/c1-25-23-31(38(39,40)41)15-18-33(25)28-13-16-32(17-14-28)43-36(45)34(29-9-5-26(6-10-29)19-20-37(2,3)4)24-27-7-11-30(12-8-27)35(44)42-21-22-49(46,47)48/h5-20,23,34H,21-22,24H2,1-4H3,(H,42,44)(H,43,45)(H,46,47,48)/b20-19+. The van der Waals surface area contributed by atoms with E-state index in [4.69, 9.17) is 4.55 Å². The van der Waals surface area contributed by atoms with Gasteiger partial charge in [0.25, 0.3) is 16.0 Å². The predicted octanol–water partition coefficient (Wildman–Crippen LogP) is 8.32. The van der Waals surface area contributed by atoms with E-state index >= 15 is 0 Å². The van der Waals surface area contributed by atoms with Crippen LogP contribution in [-0.4, -0.2) is 37.1 Å². The minimum absolute atomic E-state index is 0.00145. The minimum Gasteiger partial charge on any atom is -0.351 e. The molecule has 0 aromatic heterocycles. The van der Waals surface area contributed by atoms with Crippen molar-refractivity contribution in [2.45, 2.75) is 46.2 Å². The monoisotopic (exact) mass is 692 g/mol. The van der Waals surface area contributed by atoms with Crippen LogP contribution in [0.2, 0.25) is 0 Å². The maximum absolute atomic E-state index is 13.8. The van der Waals surface area contributed by atoms with E-state index in [0.717, 1.165) is 28.8 Å². The van der Waals surface area contributed by atoms with Crippen LogP contribution < -0.4 is 10.6 Å². The SMILES string of the molecule is Cc1cc(C(F)(F)F)ccc1-c1ccc(NC(=O)C(Cc2ccc(C(=O)NCCS(=O)(=O)O)cc2)c2ccc(/C=C/C(C)(C)C)cc2)cc1. The number of hydrogen-bond acceptors (Lipinski definition) is 4. The van der Waals surface area contributed by atoms with E-state index in [0.29, 0.717) is 34.4 Å². The molecule has 7 nitrogen and oxygen atoms in total. The summed E-state index contributed by atoms with van der Waals surface area (Å²) in [5, 5.41) is 5.42. The van der Waals surface area contributed by atoms with Gasteiger partial charge < -0.3 is 10.6 Å². The zero-order valence-corrected chi connectivity index (χ0v) is 28.5. The number of allylic oxidation sites excluding steroid dienone is 1. The summed E-state index contributed by atoms with van der Waals surface area (Å²) in [4.78, 5) is 26.2. The zero-order valence-electron chi connectivity index (χ0n) is 27.6. The number of aryl methyl sites for hydroxylation is 1. The largest absolute Gasteiger partial charge is 0.416 e. The smallest absolute Gasteiger partial charge is 0.351 e. The van der Waals surface area contributed by atoms with E-state index < -0.39 is 39.4 Å². The molecule has 3 N–H and O–H groups in total. The molecule has 49 heavy (non-hydrogen) atoms. The van der Waals surface area contributed by atoms with Crippen LogP contribution in [0.4, 0.5) is 18.9 Å². The molecule has 0 aliphatic heterocycles. The second kappa shape index (κ2) is 15.2. The van der Waals surface area contributed by atoms with Gasteiger partial charge in [-0.05, 0) is 88.5 Å². The summed E-state index contributed by atoms with van der Waals surface area (Å²) in [6.45, 7) is 7.68. The number of hydrogen-bond donors (Lipinski definition) is 3. The maximum Gasteiger partial charge on any atom is 0.416 e. The fraction of sp³-hybridized carbons (Fsp3) is 0.263. The van der Waals surface area contributed by atoms with Crippen LogP contribution in [0.1, 0.15) is 64.9 Å². The van der Waals surface area contributed by atoms with Crippen LogP contribution in [-0.2, 0) is 27.5 Å². The van der Waals surface area contributed by atoms with Gasteiger partial charge in [-0.2, -0.15) is 21.6 Å². The van der Waals surface area contributed by atoms with Crippen molar-refractivity contribution in [1.29, 1.82) is 0 Å². The number of benzene rings is 4. The second-order valence-electron chi connectivity index (χ2n) is 13.0. The summed E-state index contributed by atoms with van der Waals surface area (Å²) in [6.07, 6.45) is -0.000475. The van der Waals surface area contributed by atoms with Gasteiger partial charge in [0.05, 0.1) is 17.2 Å². The van der Waals surface area contributed by atoms with Crippen LogP contribution in [0.25, 0.3) is 17.2 Å². The van der Waals surface area contributed by atoms with E-state index in [-0.39, 0.29) is 17.9 Å². The van der Waals surface area contributed by atoms with Crippen molar-refractivity contribution < 1.29 is 35.7 Å². The predicted molar refractivity (Wildman–Crippen MR) is 187 cm³/mol. The van der Waals surface area contributed by atoms with Crippen molar-refractivity contribution in [3.05, 3.63) is 130 Å². The number of halogens is 3. The number of nitrogens with one attached hydrogen (secondary N) is 2. The summed E-state index contributed by atoms with van der Waals surface area (Å²) >= 11 is 0. The molecule has 0 bridgehead atoms. The molecule has 1 unspecified atom stereocenters. The van der Waals surface area contributed by atoms with Crippen molar-refractivity contribution in [1.82, 2.24) is 5.32 Å².